The molecule has 7 heteroatoms. The minimum atomic E-state index is -0.179. The summed E-state index contributed by atoms with van der Waals surface area (Å²) in [4.78, 5) is 30.3. The number of aryl methyl sites for hydroxylation is 1. The summed E-state index contributed by atoms with van der Waals surface area (Å²) in [7, 11) is 1.95. The van der Waals surface area contributed by atoms with Crippen molar-refractivity contribution in [3.05, 3.63) is 30.1 Å². The van der Waals surface area contributed by atoms with E-state index in [1.165, 1.54) is 5.01 Å². The van der Waals surface area contributed by atoms with Crippen LogP contribution in [0.15, 0.2) is 24.3 Å². The monoisotopic (exact) mass is 315 g/mol. The Kier molecular flexibility index (Phi) is 4.18. The number of aromatic nitrogens is 2. The van der Waals surface area contributed by atoms with E-state index in [2.05, 4.69) is 10.4 Å². The smallest absolute Gasteiger partial charge is 0.330 e. The number of fused-ring (bicyclic) bond motifs is 1. The molecule has 1 aliphatic rings. The summed E-state index contributed by atoms with van der Waals surface area (Å²) in [6.07, 6.45) is 1.19. The molecule has 2 aromatic rings. The van der Waals surface area contributed by atoms with Crippen molar-refractivity contribution in [1.29, 1.82) is 0 Å². The first-order chi connectivity index (χ1) is 11.1. The van der Waals surface area contributed by atoms with E-state index in [-0.39, 0.29) is 11.9 Å². The van der Waals surface area contributed by atoms with Gasteiger partial charge in [-0.15, -0.1) is 0 Å². The third-order valence-corrected chi connectivity index (χ3v) is 4.04. The standard InChI is InChI=1S/C16H21N5O2/c1-3-6-15(22)18-21-10-9-20(16(21)23)11-14-17-12-7-4-5-8-13(12)19(14)2/h4-5,7-8H,3,6,9-11H2,1-2H3,(H,18,22). The van der Waals surface area contributed by atoms with Gasteiger partial charge < -0.3 is 9.47 Å². The number of hydrogen-bond acceptors (Lipinski definition) is 3. The maximum atomic E-state index is 12.4. The second-order valence-electron chi connectivity index (χ2n) is 5.72. The van der Waals surface area contributed by atoms with E-state index in [1.807, 2.05) is 42.8 Å². The molecule has 0 saturated carbocycles. The van der Waals surface area contributed by atoms with Crippen molar-refractivity contribution in [1.82, 2.24) is 24.9 Å². The molecule has 1 aromatic heterocycles. The summed E-state index contributed by atoms with van der Waals surface area (Å²) < 4.78 is 2.00. The number of para-hydroxylation sites is 2. The normalized spacial score (nSPS) is 14.8. The lowest BCUT2D eigenvalue weighted by Crippen LogP contribution is -2.44. The quantitative estimate of drug-likeness (QED) is 0.912. The molecule has 0 spiro atoms. The molecule has 3 rings (SSSR count). The van der Waals surface area contributed by atoms with Crippen LogP contribution in [0, 0.1) is 0 Å². The highest BCUT2D eigenvalue weighted by molar-refractivity contribution is 5.82. The number of amides is 3. The summed E-state index contributed by atoms with van der Waals surface area (Å²) in [5.74, 6) is 0.715. The Hall–Kier alpha value is -2.57. The summed E-state index contributed by atoms with van der Waals surface area (Å²) in [5.41, 5.74) is 4.63. The van der Waals surface area contributed by atoms with E-state index in [1.54, 1.807) is 4.90 Å². The van der Waals surface area contributed by atoms with Crippen molar-refractivity contribution in [2.24, 2.45) is 7.05 Å². The molecule has 0 bridgehead atoms. The van der Waals surface area contributed by atoms with Crippen molar-refractivity contribution in [3.8, 4) is 0 Å². The molecule has 1 fully saturated rings. The molecule has 1 aliphatic heterocycles. The second kappa shape index (κ2) is 6.28. The minimum Gasteiger partial charge on any atom is -0.330 e. The van der Waals surface area contributed by atoms with E-state index < -0.39 is 0 Å². The van der Waals surface area contributed by atoms with Gasteiger partial charge in [0.1, 0.15) is 5.82 Å². The Balaban J connectivity index is 1.69. The van der Waals surface area contributed by atoms with Crippen molar-refractivity contribution in [2.75, 3.05) is 13.1 Å². The lowest BCUT2D eigenvalue weighted by atomic mass is 10.3. The predicted octanol–water partition coefficient (Wildman–Crippen LogP) is 1.64. The fourth-order valence-corrected chi connectivity index (χ4v) is 2.77. The lowest BCUT2D eigenvalue weighted by molar-refractivity contribution is -0.124. The number of imidazole rings is 1. The molecular formula is C16H21N5O2. The van der Waals surface area contributed by atoms with E-state index in [0.717, 1.165) is 23.3 Å². The fraction of sp³-hybridized carbons (Fsp3) is 0.438. The maximum absolute atomic E-state index is 12.4. The number of carbonyl (C=O) groups excluding carboxylic acids is 2. The number of rotatable bonds is 5. The third kappa shape index (κ3) is 2.99. The van der Waals surface area contributed by atoms with Crippen LogP contribution in [0.3, 0.4) is 0 Å². The molecule has 122 valence electrons. The fourth-order valence-electron chi connectivity index (χ4n) is 2.77. The minimum absolute atomic E-state index is 0.120. The van der Waals surface area contributed by atoms with Crippen LogP contribution in [0.1, 0.15) is 25.6 Å². The SMILES string of the molecule is CCCC(=O)NN1CCN(Cc2nc3ccccc3n2C)C1=O. The lowest BCUT2D eigenvalue weighted by Gasteiger charge is -2.19. The summed E-state index contributed by atoms with van der Waals surface area (Å²) in [5, 5.41) is 1.39. The molecule has 2 heterocycles. The molecule has 3 amide bonds. The van der Waals surface area contributed by atoms with E-state index in [9.17, 15) is 9.59 Å². The Morgan fingerprint density at radius 3 is 2.83 bits per heavy atom. The molecule has 1 saturated heterocycles. The van der Waals surface area contributed by atoms with Crippen molar-refractivity contribution in [2.45, 2.75) is 26.3 Å². The van der Waals surface area contributed by atoms with Crippen LogP contribution in [-0.4, -0.2) is 44.5 Å². The largest absolute Gasteiger partial charge is 0.339 e. The summed E-state index contributed by atoms with van der Waals surface area (Å²) in [6.45, 7) is 3.44. The van der Waals surface area contributed by atoms with E-state index in [0.29, 0.717) is 26.1 Å². The van der Waals surface area contributed by atoms with Crippen LogP contribution >= 0.6 is 0 Å². The van der Waals surface area contributed by atoms with Gasteiger partial charge in [-0.25, -0.2) is 14.8 Å². The van der Waals surface area contributed by atoms with Gasteiger partial charge in [0.15, 0.2) is 0 Å². The second-order valence-corrected chi connectivity index (χ2v) is 5.72. The van der Waals surface area contributed by atoms with Gasteiger partial charge >= 0.3 is 6.03 Å². The Bertz CT molecular complexity index is 739. The number of carbonyl (C=O) groups is 2. The molecule has 0 radical (unpaired) electrons. The van der Waals surface area contributed by atoms with E-state index >= 15 is 0 Å². The predicted molar refractivity (Wildman–Crippen MR) is 86.3 cm³/mol. The molecule has 7 nitrogen and oxygen atoms in total. The topological polar surface area (TPSA) is 70.5 Å². The van der Waals surface area contributed by atoms with Gasteiger partial charge in [0.25, 0.3) is 0 Å². The first-order valence-electron chi connectivity index (χ1n) is 7.86. The number of nitrogens with zero attached hydrogens (tertiary/aromatic N) is 4. The number of benzene rings is 1. The highest BCUT2D eigenvalue weighted by Gasteiger charge is 2.30. The van der Waals surface area contributed by atoms with Crippen LogP contribution in [0.2, 0.25) is 0 Å². The number of nitrogens with one attached hydrogen (secondary N) is 1. The molecule has 0 unspecified atom stereocenters. The first kappa shape index (κ1) is 15.3. The molecule has 1 aromatic carbocycles. The molecule has 0 aliphatic carbocycles. The van der Waals surface area contributed by atoms with Crippen LogP contribution in [0.25, 0.3) is 11.0 Å². The zero-order valence-corrected chi connectivity index (χ0v) is 13.5. The van der Waals surface area contributed by atoms with Gasteiger partial charge in [-0.05, 0) is 18.6 Å². The van der Waals surface area contributed by atoms with Gasteiger partial charge in [-0.1, -0.05) is 19.1 Å². The van der Waals surface area contributed by atoms with Crippen molar-refractivity contribution >= 4 is 23.0 Å². The van der Waals surface area contributed by atoms with Gasteiger partial charge in [0, 0.05) is 20.0 Å². The van der Waals surface area contributed by atoms with Gasteiger partial charge in [0.05, 0.1) is 24.1 Å². The average molecular weight is 315 g/mol. The third-order valence-electron chi connectivity index (χ3n) is 4.04. The number of hydrazine groups is 1. The molecular weight excluding hydrogens is 294 g/mol. The van der Waals surface area contributed by atoms with Gasteiger partial charge in [0.2, 0.25) is 5.91 Å². The molecule has 23 heavy (non-hydrogen) atoms. The number of hydrogen-bond donors (Lipinski definition) is 1. The Morgan fingerprint density at radius 2 is 2.09 bits per heavy atom. The summed E-state index contributed by atoms with van der Waals surface area (Å²) in [6, 6.07) is 7.71. The van der Waals surface area contributed by atoms with Crippen LogP contribution < -0.4 is 5.43 Å². The summed E-state index contributed by atoms with van der Waals surface area (Å²) >= 11 is 0. The van der Waals surface area contributed by atoms with Gasteiger partial charge in [-0.2, -0.15) is 0 Å². The number of urea groups is 1. The van der Waals surface area contributed by atoms with Crippen LogP contribution in [0.5, 0.6) is 0 Å². The molecule has 1 N–H and O–H groups in total. The molecule has 0 atom stereocenters. The van der Waals surface area contributed by atoms with E-state index in [4.69, 9.17) is 0 Å². The van der Waals surface area contributed by atoms with Crippen molar-refractivity contribution < 1.29 is 9.59 Å². The first-order valence-corrected chi connectivity index (χ1v) is 7.86. The maximum Gasteiger partial charge on any atom is 0.339 e. The highest BCUT2D eigenvalue weighted by atomic mass is 16.2. The Morgan fingerprint density at radius 1 is 1.30 bits per heavy atom. The van der Waals surface area contributed by atoms with Crippen molar-refractivity contribution in [3.63, 3.8) is 0 Å². The zero-order chi connectivity index (χ0) is 16.4. The van der Waals surface area contributed by atoms with Crippen LogP contribution in [0.4, 0.5) is 4.79 Å². The Labute approximate surface area is 134 Å². The zero-order valence-electron chi connectivity index (χ0n) is 13.5. The van der Waals surface area contributed by atoms with Crippen LogP contribution in [-0.2, 0) is 18.4 Å². The van der Waals surface area contributed by atoms with Gasteiger partial charge in [-0.3, -0.25) is 10.2 Å². The highest BCUT2D eigenvalue weighted by Crippen LogP contribution is 2.17. The average Bonchev–Trinajstić information content (AvgIpc) is 3.03.